The summed E-state index contributed by atoms with van der Waals surface area (Å²) < 4.78 is 0. The molecule has 1 aliphatic heterocycles. The van der Waals surface area contributed by atoms with Crippen molar-refractivity contribution in [2.24, 2.45) is 11.7 Å². The van der Waals surface area contributed by atoms with Crippen molar-refractivity contribution in [1.29, 1.82) is 0 Å². The molecule has 4 nitrogen and oxygen atoms in total. The van der Waals surface area contributed by atoms with Crippen molar-refractivity contribution in [1.82, 2.24) is 16.0 Å². The standard InChI is InChI=1S/C11H20N4/c12-9-3-5-10(6-4-9)15-7-11(13-14-15)8-1-2-8/h7-10,13-14H,1-6,12H2. The molecule has 0 amide bonds. The molecule has 0 aromatic carbocycles. The molecule has 1 heterocycles. The zero-order valence-electron chi connectivity index (χ0n) is 9.08. The molecule has 0 atom stereocenters. The molecular formula is C11H20N4. The minimum atomic E-state index is 0.434. The van der Waals surface area contributed by atoms with E-state index in [1.54, 1.807) is 0 Å². The van der Waals surface area contributed by atoms with Gasteiger partial charge in [-0.25, -0.2) is 0 Å². The molecule has 4 heteroatoms. The first-order chi connectivity index (χ1) is 7.33. The van der Waals surface area contributed by atoms with E-state index in [9.17, 15) is 0 Å². The van der Waals surface area contributed by atoms with E-state index in [0.717, 1.165) is 18.8 Å². The maximum Gasteiger partial charge on any atom is 0.0484 e. The van der Waals surface area contributed by atoms with E-state index in [2.05, 4.69) is 22.2 Å². The van der Waals surface area contributed by atoms with Gasteiger partial charge in [-0.2, -0.15) is 0 Å². The highest BCUT2D eigenvalue weighted by Crippen LogP contribution is 2.36. The Morgan fingerprint density at radius 1 is 1.13 bits per heavy atom. The van der Waals surface area contributed by atoms with Gasteiger partial charge in [0.15, 0.2) is 0 Å². The molecule has 0 aromatic rings. The monoisotopic (exact) mass is 208 g/mol. The fourth-order valence-electron chi connectivity index (χ4n) is 2.52. The summed E-state index contributed by atoms with van der Waals surface area (Å²) in [5.74, 6) is 0.799. The minimum Gasteiger partial charge on any atom is -0.328 e. The Morgan fingerprint density at radius 2 is 1.87 bits per heavy atom. The van der Waals surface area contributed by atoms with Gasteiger partial charge in [-0.1, -0.05) is 0 Å². The summed E-state index contributed by atoms with van der Waals surface area (Å²) in [5, 5.41) is 2.25. The van der Waals surface area contributed by atoms with E-state index in [4.69, 9.17) is 5.73 Å². The Hall–Kier alpha value is -0.740. The molecular weight excluding hydrogens is 188 g/mol. The lowest BCUT2D eigenvalue weighted by molar-refractivity contribution is 0.150. The first-order valence-electron chi connectivity index (χ1n) is 6.10. The van der Waals surface area contributed by atoms with Crippen LogP contribution in [0.4, 0.5) is 0 Å². The summed E-state index contributed by atoms with van der Waals surface area (Å²) in [6.07, 6.45) is 9.71. The average molecular weight is 208 g/mol. The van der Waals surface area contributed by atoms with Crippen molar-refractivity contribution >= 4 is 0 Å². The molecule has 3 aliphatic rings. The van der Waals surface area contributed by atoms with Gasteiger partial charge in [-0.05, 0) is 38.5 Å². The zero-order valence-corrected chi connectivity index (χ0v) is 9.08. The van der Waals surface area contributed by atoms with Crippen LogP contribution < -0.4 is 16.7 Å². The van der Waals surface area contributed by atoms with E-state index < -0.39 is 0 Å². The van der Waals surface area contributed by atoms with E-state index in [1.165, 1.54) is 31.4 Å². The number of nitrogens with zero attached hydrogens (tertiary/aromatic N) is 1. The Labute approximate surface area is 90.8 Å². The van der Waals surface area contributed by atoms with Crippen molar-refractivity contribution in [3.05, 3.63) is 11.9 Å². The zero-order chi connectivity index (χ0) is 10.3. The molecule has 4 N–H and O–H groups in total. The summed E-state index contributed by atoms with van der Waals surface area (Å²) in [7, 11) is 0. The second kappa shape index (κ2) is 3.68. The Balaban J connectivity index is 1.59. The van der Waals surface area contributed by atoms with Gasteiger partial charge in [-0.3, -0.25) is 5.01 Å². The first-order valence-corrected chi connectivity index (χ1v) is 6.10. The lowest BCUT2D eigenvalue weighted by Gasteiger charge is -2.32. The van der Waals surface area contributed by atoms with Crippen molar-refractivity contribution in [2.75, 3.05) is 0 Å². The predicted molar refractivity (Wildman–Crippen MR) is 59.1 cm³/mol. The number of hydrazine groups is 2. The van der Waals surface area contributed by atoms with Crippen LogP contribution in [-0.4, -0.2) is 17.1 Å². The van der Waals surface area contributed by atoms with E-state index >= 15 is 0 Å². The molecule has 0 bridgehead atoms. The fourth-order valence-corrected chi connectivity index (χ4v) is 2.52. The number of nitrogens with two attached hydrogens (primary N) is 1. The molecule has 84 valence electrons. The van der Waals surface area contributed by atoms with E-state index in [-0.39, 0.29) is 0 Å². The second-order valence-corrected chi connectivity index (χ2v) is 5.07. The van der Waals surface area contributed by atoms with Crippen LogP contribution >= 0.6 is 0 Å². The SMILES string of the molecule is NC1CCC(N2C=C(C3CC3)NN2)CC1. The van der Waals surface area contributed by atoms with E-state index in [0.29, 0.717) is 12.1 Å². The Kier molecular flexibility index (Phi) is 2.33. The fraction of sp³-hybridized carbons (Fsp3) is 0.818. The average Bonchev–Trinajstić information content (AvgIpc) is 2.99. The molecule has 0 spiro atoms. The first kappa shape index (κ1) is 9.48. The van der Waals surface area contributed by atoms with Crippen LogP contribution in [0.3, 0.4) is 0 Å². The topological polar surface area (TPSA) is 53.3 Å². The summed E-state index contributed by atoms with van der Waals surface area (Å²) in [6, 6.07) is 1.07. The summed E-state index contributed by atoms with van der Waals surface area (Å²) >= 11 is 0. The highest BCUT2D eigenvalue weighted by atomic mass is 15.7. The third kappa shape index (κ3) is 1.96. The Bertz CT molecular complexity index is 264. The van der Waals surface area contributed by atoms with Crippen LogP contribution in [0.15, 0.2) is 11.9 Å². The molecule has 3 rings (SSSR count). The smallest absolute Gasteiger partial charge is 0.0484 e. The van der Waals surface area contributed by atoms with Gasteiger partial charge in [0, 0.05) is 29.9 Å². The van der Waals surface area contributed by atoms with Crippen molar-refractivity contribution in [3.63, 3.8) is 0 Å². The Morgan fingerprint density at radius 3 is 2.53 bits per heavy atom. The largest absolute Gasteiger partial charge is 0.328 e. The lowest BCUT2D eigenvalue weighted by atomic mass is 9.91. The van der Waals surface area contributed by atoms with Crippen LogP contribution in [-0.2, 0) is 0 Å². The molecule has 0 radical (unpaired) electrons. The highest BCUT2D eigenvalue weighted by molar-refractivity contribution is 5.12. The van der Waals surface area contributed by atoms with E-state index in [1.807, 2.05) is 0 Å². The number of hydrogen-bond acceptors (Lipinski definition) is 4. The number of hydrogen-bond donors (Lipinski definition) is 3. The van der Waals surface area contributed by atoms with Gasteiger partial charge in [0.1, 0.15) is 0 Å². The third-order valence-electron chi connectivity index (χ3n) is 3.76. The van der Waals surface area contributed by atoms with Crippen LogP contribution in [0.2, 0.25) is 0 Å². The van der Waals surface area contributed by atoms with Crippen molar-refractivity contribution in [2.45, 2.75) is 50.6 Å². The molecule has 2 aliphatic carbocycles. The van der Waals surface area contributed by atoms with Gasteiger partial charge in [-0.15, -0.1) is 5.53 Å². The summed E-state index contributed by atoms with van der Waals surface area (Å²) in [6.45, 7) is 0. The predicted octanol–water partition coefficient (Wildman–Crippen LogP) is 0.832. The lowest BCUT2D eigenvalue weighted by Crippen LogP contribution is -2.46. The quantitative estimate of drug-likeness (QED) is 0.629. The molecule has 0 unspecified atom stereocenters. The molecule has 0 aromatic heterocycles. The third-order valence-corrected chi connectivity index (χ3v) is 3.76. The van der Waals surface area contributed by atoms with Crippen LogP contribution in [0, 0.1) is 5.92 Å². The second-order valence-electron chi connectivity index (χ2n) is 5.07. The number of rotatable bonds is 2. The van der Waals surface area contributed by atoms with Gasteiger partial charge in [0.2, 0.25) is 0 Å². The molecule has 15 heavy (non-hydrogen) atoms. The molecule has 0 saturated heterocycles. The maximum atomic E-state index is 5.91. The van der Waals surface area contributed by atoms with Crippen molar-refractivity contribution in [3.8, 4) is 0 Å². The van der Waals surface area contributed by atoms with Gasteiger partial charge in [0.05, 0.1) is 0 Å². The summed E-state index contributed by atoms with van der Waals surface area (Å²) in [4.78, 5) is 0. The molecule has 2 saturated carbocycles. The van der Waals surface area contributed by atoms with Crippen LogP contribution in [0.1, 0.15) is 38.5 Å². The number of allylic oxidation sites excluding steroid dienone is 1. The van der Waals surface area contributed by atoms with Gasteiger partial charge in [0.25, 0.3) is 0 Å². The van der Waals surface area contributed by atoms with Crippen molar-refractivity contribution < 1.29 is 0 Å². The highest BCUT2D eigenvalue weighted by Gasteiger charge is 2.32. The van der Waals surface area contributed by atoms with Gasteiger partial charge >= 0.3 is 0 Å². The minimum absolute atomic E-state index is 0.434. The number of nitrogens with one attached hydrogen (secondary N) is 2. The van der Waals surface area contributed by atoms with Crippen LogP contribution in [0.5, 0.6) is 0 Å². The summed E-state index contributed by atoms with van der Waals surface area (Å²) in [5.41, 5.74) is 13.8. The maximum absolute atomic E-state index is 5.91. The normalized spacial score (nSPS) is 36.3. The van der Waals surface area contributed by atoms with Crippen LogP contribution in [0.25, 0.3) is 0 Å². The molecule has 2 fully saturated rings. The van der Waals surface area contributed by atoms with Gasteiger partial charge < -0.3 is 11.2 Å².